The molecule has 1 aromatic rings. The van der Waals surface area contributed by atoms with Gasteiger partial charge in [-0.05, 0) is 57.7 Å². The van der Waals surface area contributed by atoms with Crippen molar-refractivity contribution in [1.82, 2.24) is 4.90 Å². The third-order valence-electron chi connectivity index (χ3n) is 6.29. The number of esters is 1. The Morgan fingerprint density at radius 3 is 2.29 bits per heavy atom. The number of carbonyl (C=O) groups is 2. The molecule has 2 saturated heterocycles. The lowest BCUT2D eigenvalue weighted by atomic mass is 9.98. The number of aliphatic carboxylic acids is 1. The molecular weight excluding hydrogens is 398 g/mol. The largest absolute Gasteiger partial charge is 0.480 e. The maximum atomic E-state index is 12.4. The summed E-state index contributed by atoms with van der Waals surface area (Å²) >= 11 is 0. The van der Waals surface area contributed by atoms with Crippen LogP contribution in [-0.2, 0) is 14.3 Å². The van der Waals surface area contributed by atoms with Crippen molar-refractivity contribution in [3.8, 4) is 0 Å². The van der Waals surface area contributed by atoms with Crippen molar-refractivity contribution in [2.75, 3.05) is 20.2 Å². The van der Waals surface area contributed by atoms with E-state index in [4.69, 9.17) is 21.3 Å². The average Bonchev–Trinajstić information content (AvgIpc) is 2.96. The van der Waals surface area contributed by atoms with E-state index in [1.165, 1.54) is 12.8 Å². The van der Waals surface area contributed by atoms with E-state index in [9.17, 15) is 14.7 Å². The fourth-order valence-electron chi connectivity index (χ4n) is 4.34. The predicted molar refractivity (Wildman–Crippen MR) is 118 cm³/mol. The average molecular weight is 436 g/mol. The molecule has 8 nitrogen and oxygen atoms in total. The molecule has 0 saturated carbocycles. The summed E-state index contributed by atoms with van der Waals surface area (Å²) in [7, 11) is 2.17. The summed E-state index contributed by atoms with van der Waals surface area (Å²) in [6, 6.07) is 9.75. The third kappa shape index (κ3) is 7.57. The highest BCUT2D eigenvalue weighted by molar-refractivity contribution is 5.78. The van der Waals surface area contributed by atoms with Gasteiger partial charge in [0, 0.05) is 12.1 Å². The number of hydrogen-bond donors (Lipinski definition) is 4. The summed E-state index contributed by atoms with van der Waals surface area (Å²) < 4.78 is 5.70. The number of unbranched alkanes of at least 4 members (excludes halogenated alkanes) is 1. The van der Waals surface area contributed by atoms with E-state index in [2.05, 4.69) is 11.9 Å². The molecule has 8 heteroatoms. The van der Waals surface area contributed by atoms with Crippen molar-refractivity contribution in [3.63, 3.8) is 0 Å². The molecule has 0 spiro atoms. The first-order chi connectivity index (χ1) is 14.9. The summed E-state index contributed by atoms with van der Waals surface area (Å²) in [5.74, 6) is -1.79. The first-order valence-electron chi connectivity index (χ1n) is 11.1. The van der Waals surface area contributed by atoms with Crippen molar-refractivity contribution < 1.29 is 24.5 Å². The second-order valence-corrected chi connectivity index (χ2v) is 8.46. The van der Waals surface area contributed by atoms with Crippen LogP contribution in [0.2, 0.25) is 0 Å². The van der Waals surface area contributed by atoms with Gasteiger partial charge in [-0.3, -0.25) is 9.59 Å². The Hall–Kier alpha value is -2.00. The van der Waals surface area contributed by atoms with Crippen molar-refractivity contribution in [2.24, 2.45) is 11.5 Å². The minimum Gasteiger partial charge on any atom is -0.480 e. The molecule has 0 aromatic heterocycles. The number of benzene rings is 1. The maximum absolute atomic E-state index is 12.4. The standard InChI is InChI=1S/C17H23NO3.C6H14N2O2/c1-18-13-7-8-14(18)10-15(9-13)21-17(20)16(11-19)12-5-3-2-4-6-12;7-4-2-1-3-5(8)6(9)10/h2-6,13-16,19H,7-11H2,1H3;5H,1-4,7-8H2,(H,9,10)/t13-,14+,15+,16?;. The lowest BCUT2D eigenvalue weighted by Crippen LogP contribution is -2.43. The van der Waals surface area contributed by atoms with Gasteiger partial charge >= 0.3 is 11.9 Å². The second-order valence-electron chi connectivity index (χ2n) is 8.46. The summed E-state index contributed by atoms with van der Waals surface area (Å²) in [6.45, 7) is 0.397. The minimum atomic E-state index is -0.933. The van der Waals surface area contributed by atoms with Gasteiger partial charge in [0.05, 0.1) is 6.61 Å². The second kappa shape index (κ2) is 12.8. The van der Waals surface area contributed by atoms with Crippen molar-refractivity contribution >= 4 is 11.9 Å². The number of ether oxygens (including phenoxy) is 1. The van der Waals surface area contributed by atoms with Crippen LogP contribution in [0.3, 0.4) is 0 Å². The highest BCUT2D eigenvalue weighted by Crippen LogP contribution is 2.36. The fraction of sp³-hybridized carbons (Fsp3) is 0.652. The van der Waals surface area contributed by atoms with Crippen LogP contribution >= 0.6 is 0 Å². The minimum absolute atomic E-state index is 0.00367. The van der Waals surface area contributed by atoms with E-state index < -0.39 is 17.9 Å². The third-order valence-corrected chi connectivity index (χ3v) is 6.29. The van der Waals surface area contributed by atoms with Gasteiger partial charge in [0.2, 0.25) is 0 Å². The van der Waals surface area contributed by atoms with Gasteiger partial charge in [-0.25, -0.2) is 0 Å². The Bertz CT molecular complexity index is 673. The van der Waals surface area contributed by atoms with Crippen LogP contribution in [0.5, 0.6) is 0 Å². The van der Waals surface area contributed by atoms with Crippen molar-refractivity contribution in [2.45, 2.75) is 75.1 Å². The molecule has 5 atom stereocenters. The number of carbonyl (C=O) groups excluding carboxylic acids is 1. The van der Waals surface area contributed by atoms with Crippen LogP contribution in [0.1, 0.15) is 56.4 Å². The molecule has 2 heterocycles. The van der Waals surface area contributed by atoms with Crippen LogP contribution in [0, 0.1) is 0 Å². The van der Waals surface area contributed by atoms with E-state index >= 15 is 0 Å². The monoisotopic (exact) mass is 435 g/mol. The molecule has 2 aliphatic rings. The van der Waals surface area contributed by atoms with Crippen LogP contribution in [0.15, 0.2) is 30.3 Å². The number of aliphatic hydroxyl groups is 1. The lowest BCUT2D eigenvalue weighted by Gasteiger charge is -2.36. The molecule has 174 valence electrons. The molecule has 0 amide bonds. The lowest BCUT2D eigenvalue weighted by molar-refractivity contribution is -0.155. The maximum Gasteiger partial charge on any atom is 0.320 e. The van der Waals surface area contributed by atoms with Crippen LogP contribution in [-0.4, -0.2) is 71.5 Å². The van der Waals surface area contributed by atoms with E-state index in [-0.39, 0.29) is 18.7 Å². The SMILES string of the molecule is CN1[C@@H]2CC[C@H]1C[C@@H](OC(=O)C(CO)c1ccccc1)C2.NCCCCC(N)C(=O)O. The topological polar surface area (TPSA) is 139 Å². The fourth-order valence-corrected chi connectivity index (χ4v) is 4.34. The van der Waals surface area contributed by atoms with Gasteiger partial charge in [-0.1, -0.05) is 36.8 Å². The molecule has 0 radical (unpaired) electrons. The molecular formula is C23H37N3O5. The number of carboxylic acid groups (broad SMARTS) is 1. The summed E-state index contributed by atoms with van der Waals surface area (Å²) in [5, 5.41) is 17.9. The highest BCUT2D eigenvalue weighted by Gasteiger charge is 2.40. The normalized spacial score (nSPS) is 24.6. The van der Waals surface area contributed by atoms with E-state index in [1.807, 2.05) is 30.3 Å². The van der Waals surface area contributed by atoms with Crippen LogP contribution in [0.4, 0.5) is 0 Å². The number of nitrogens with two attached hydrogens (primary N) is 2. The van der Waals surface area contributed by atoms with E-state index in [0.29, 0.717) is 25.0 Å². The first-order valence-corrected chi connectivity index (χ1v) is 11.1. The van der Waals surface area contributed by atoms with Gasteiger partial charge in [-0.2, -0.15) is 0 Å². The summed E-state index contributed by atoms with van der Waals surface area (Å²) in [5.41, 5.74) is 11.2. The van der Waals surface area contributed by atoms with Crippen LogP contribution in [0.25, 0.3) is 0 Å². The Labute approximate surface area is 184 Å². The number of nitrogens with zero attached hydrogens (tertiary/aromatic N) is 1. The number of piperidine rings is 1. The predicted octanol–water partition coefficient (Wildman–Crippen LogP) is 1.46. The molecule has 6 N–H and O–H groups in total. The molecule has 2 unspecified atom stereocenters. The molecule has 0 aliphatic carbocycles. The highest BCUT2D eigenvalue weighted by atomic mass is 16.5. The first kappa shape index (κ1) is 25.3. The van der Waals surface area contributed by atoms with Gasteiger partial charge in [0.15, 0.2) is 0 Å². The van der Waals surface area contributed by atoms with E-state index in [1.54, 1.807) is 0 Å². The molecule has 31 heavy (non-hydrogen) atoms. The Balaban J connectivity index is 0.000000291. The molecule has 2 aliphatic heterocycles. The zero-order valence-corrected chi connectivity index (χ0v) is 18.4. The van der Waals surface area contributed by atoms with Crippen molar-refractivity contribution in [1.29, 1.82) is 0 Å². The number of rotatable bonds is 9. The number of hydrogen-bond acceptors (Lipinski definition) is 7. The smallest absolute Gasteiger partial charge is 0.320 e. The molecule has 3 rings (SSSR count). The van der Waals surface area contributed by atoms with Gasteiger partial charge in [0.25, 0.3) is 0 Å². The number of fused-ring (bicyclic) bond motifs is 2. The van der Waals surface area contributed by atoms with Gasteiger partial charge in [0.1, 0.15) is 18.1 Å². The Morgan fingerprint density at radius 2 is 1.77 bits per heavy atom. The number of aliphatic hydroxyl groups excluding tert-OH is 1. The van der Waals surface area contributed by atoms with Crippen LogP contribution < -0.4 is 11.5 Å². The molecule has 2 bridgehead atoms. The summed E-state index contributed by atoms with van der Waals surface area (Å²) in [6.07, 6.45) is 6.42. The summed E-state index contributed by atoms with van der Waals surface area (Å²) in [4.78, 5) is 24.9. The number of carboxylic acids is 1. The zero-order chi connectivity index (χ0) is 22.8. The van der Waals surface area contributed by atoms with Crippen molar-refractivity contribution in [3.05, 3.63) is 35.9 Å². The zero-order valence-electron chi connectivity index (χ0n) is 18.4. The molecule has 2 fully saturated rings. The van der Waals surface area contributed by atoms with E-state index in [0.717, 1.165) is 31.2 Å². The van der Waals surface area contributed by atoms with Gasteiger partial charge < -0.3 is 31.3 Å². The van der Waals surface area contributed by atoms with Gasteiger partial charge in [-0.15, -0.1) is 0 Å². The Morgan fingerprint density at radius 1 is 1.16 bits per heavy atom. The molecule has 1 aromatic carbocycles. The quantitative estimate of drug-likeness (QED) is 0.338. The Kier molecular flexibility index (Phi) is 10.4.